The van der Waals surface area contributed by atoms with Crippen molar-refractivity contribution in [3.8, 4) is 0 Å². The molecule has 1 unspecified atom stereocenters. The molecule has 4 rings (SSSR count). The number of methoxy groups -OCH3 is 1. The average Bonchev–Trinajstić information content (AvgIpc) is 3.07. The first-order valence-corrected chi connectivity index (χ1v) is 15.5. The van der Waals surface area contributed by atoms with Crippen LogP contribution in [0.1, 0.15) is 6.92 Å². The van der Waals surface area contributed by atoms with Crippen molar-refractivity contribution in [2.45, 2.75) is 130 Å². The molecule has 49 heavy (non-hydrogen) atoms. The van der Waals surface area contributed by atoms with Gasteiger partial charge in [0.05, 0.1) is 26.4 Å². The van der Waals surface area contributed by atoms with Crippen molar-refractivity contribution in [2.75, 3.05) is 33.5 Å². The Morgan fingerprint density at radius 3 is 1.63 bits per heavy atom. The second-order valence-corrected chi connectivity index (χ2v) is 12.1. The highest BCUT2D eigenvalue weighted by Gasteiger charge is 2.54. The molecule has 0 aromatic rings. The van der Waals surface area contributed by atoms with Crippen LogP contribution in [0, 0.1) is 0 Å². The highest BCUT2D eigenvalue weighted by Crippen LogP contribution is 2.32. The number of hydrogen-bond acceptors (Lipinski definition) is 21. The maximum Gasteiger partial charge on any atom is 0.217 e. The zero-order valence-corrected chi connectivity index (χ0v) is 26.4. The van der Waals surface area contributed by atoms with Crippen molar-refractivity contribution in [1.29, 1.82) is 0 Å². The molecule has 1 amide bonds. The smallest absolute Gasteiger partial charge is 0.217 e. The molecule has 0 spiro atoms. The molecule has 4 heterocycles. The number of rotatable bonds is 12. The van der Waals surface area contributed by atoms with Gasteiger partial charge in [-0.05, 0) is 0 Å². The quantitative estimate of drug-likeness (QED) is 0.0889. The Hall–Kier alpha value is -1.33. The maximum atomic E-state index is 11.7. The molecule has 4 saturated heterocycles. The molecule has 4 aliphatic heterocycles. The summed E-state index contributed by atoms with van der Waals surface area (Å²) in [5.41, 5.74) is 0. The number of aliphatic hydroxyl groups excluding tert-OH is 12. The van der Waals surface area contributed by atoms with Gasteiger partial charge < -0.3 is 104 Å². The Kier molecular flexibility index (Phi) is 14.4. The summed E-state index contributed by atoms with van der Waals surface area (Å²) in [6, 6.07) is -1.50. The normalized spacial score (nSPS) is 49.4. The van der Waals surface area contributed by atoms with Gasteiger partial charge in [0.2, 0.25) is 5.91 Å². The van der Waals surface area contributed by atoms with Crippen LogP contribution in [0.3, 0.4) is 0 Å². The van der Waals surface area contributed by atoms with Gasteiger partial charge in [0.15, 0.2) is 25.2 Å². The third-order valence-electron chi connectivity index (χ3n) is 8.83. The summed E-state index contributed by atoms with van der Waals surface area (Å²) < 4.78 is 43.9. The third-order valence-corrected chi connectivity index (χ3v) is 8.83. The van der Waals surface area contributed by atoms with Crippen LogP contribution in [0.25, 0.3) is 0 Å². The van der Waals surface area contributed by atoms with Crippen molar-refractivity contribution < 1.29 is 104 Å². The highest BCUT2D eigenvalue weighted by atomic mass is 16.8. The van der Waals surface area contributed by atoms with Crippen molar-refractivity contribution in [1.82, 2.24) is 5.32 Å². The first kappa shape index (κ1) is 40.4. The van der Waals surface area contributed by atoms with Crippen molar-refractivity contribution >= 4 is 5.91 Å². The van der Waals surface area contributed by atoms with Gasteiger partial charge in [-0.1, -0.05) is 0 Å². The summed E-state index contributed by atoms with van der Waals surface area (Å²) in [7, 11) is 1.18. The molecule has 0 saturated carbocycles. The minimum absolute atomic E-state index is 0.681. The average molecular weight is 722 g/mol. The fourth-order valence-corrected chi connectivity index (χ4v) is 6.11. The van der Waals surface area contributed by atoms with Crippen LogP contribution in [0.5, 0.6) is 0 Å². The summed E-state index contributed by atoms with van der Waals surface area (Å²) in [6.45, 7) is -1.95. The standard InChI is InChI=1S/C27H47NO21/c1-7(32)28-12-15(35)22(49-26-18(38)16(36)13(33)8(3-29)45-26)11(44-24(12)41)6-43-25-19(39)17(37)21(10(5-31)47-25)48-27-20(40)23(42-2)14(34)9(4-30)46-27/h8-27,29-31,33-41H,3-6H2,1-2H3,(H,28,32)/t8-,9-,10-,11-,12-,13+,14+,15-,16+,17-,18-,19-,20-,21-,22-,23+,24?,25-,26+,27+/m1/s1. The van der Waals surface area contributed by atoms with E-state index in [2.05, 4.69) is 5.32 Å². The van der Waals surface area contributed by atoms with Gasteiger partial charge in [0, 0.05) is 14.0 Å². The molecule has 22 heteroatoms. The third kappa shape index (κ3) is 8.66. The van der Waals surface area contributed by atoms with E-state index in [4.69, 9.17) is 37.9 Å². The van der Waals surface area contributed by atoms with Gasteiger partial charge >= 0.3 is 0 Å². The van der Waals surface area contributed by atoms with E-state index in [0.29, 0.717) is 0 Å². The van der Waals surface area contributed by atoms with Crippen LogP contribution in [-0.2, 0) is 42.7 Å². The van der Waals surface area contributed by atoms with Crippen molar-refractivity contribution in [3.05, 3.63) is 0 Å². The summed E-state index contributed by atoms with van der Waals surface area (Å²) in [5.74, 6) is -0.681. The van der Waals surface area contributed by atoms with Crippen LogP contribution in [0.4, 0.5) is 0 Å². The Balaban J connectivity index is 1.48. The molecule has 0 aromatic carbocycles. The number of hydrogen-bond donors (Lipinski definition) is 13. The minimum Gasteiger partial charge on any atom is -0.394 e. The monoisotopic (exact) mass is 721 g/mol. The summed E-state index contributed by atoms with van der Waals surface area (Å²) in [6.07, 6.45) is -31.4. The largest absolute Gasteiger partial charge is 0.394 e. The molecular weight excluding hydrogens is 674 g/mol. The number of nitrogens with one attached hydrogen (secondary N) is 1. The second kappa shape index (κ2) is 17.5. The molecule has 4 fully saturated rings. The lowest BCUT2D eigenvalue weighted by Crippen LogP contribution is -2.67. The summed E-state index contributed by atoms with van der Waals surface area (Å²) in [4.78, 5) is 11.7. The molecule has 13 N–H and O–H groups in total. The van der Waals surface area contributed by atoms with Crippen LogP contribution in [0.2, 0.25) is 0 Å². The maximum absolute atomic E-state index is 11.7. The summed E-state index contributed by atoms with van der Waals surface area (Å²) >= 11 is 0. The Morgan fingerprint density at radius 1 is 0.571 bits per heavy atom. The van der Waals surface area contributed by atoms with E-state index in [1.165, 1.54) is 7.11 Å². The van der Waals surface area contributed by atoms with Crippen LogP contribution < -0.4 is 5.32 Å². The number of ether oxygens (including phenoxy) is 8. The van der Waals surface area contributed by atoms with Gasteiger partial charge in [0.25, 0.3) is 0 Å². The number of carbonyl (C=O) groups excluding carboxylic acids is 1. The molecule has 286 valence electrons. The number of aliphatic hydroxyl groups is 12. The molecule has 0 bridgehead atoms. The lowest BCUT2D eigenvalue weighted by atomic mass is 9.95. The van der Waals surface area contributed by atoms with Gasteiger partial charge in [-0.15, -0.1) is 0 Å². The molecule has 0 aliphatic carbocycles. The topological polar surface area (TPSA) is 346 Å². The zero-order valence-electron chi connectivity index (χ0n) is 26.4. The Labute approximate surface area is 278 Å². The molecule has 22 nitrogen and oxygen atoms in total. The van der Waals surface area contributed by atoms with E-state index in [9.17, 15) is 66.1 Å². The van der Waals surface area contributed by atoms with Crippen LogP contribution >= 0.6 is 0 Å². The number of carbonyl (C=O) groups is 1. The van der Waals surface area contributed by atoms with E-state index < -0.39 is 155 Å². The molecule has 4 aliphatic rings. The molecule has 20 atom stereocenters. The molecule has 0 radical (unpaired) electrons. The first-order chi connectivity index (χ1) is 23.2. The van der Waals surface area contributed by atoms with E-state index in [0.717, 1.165) is 6.92 Å². The predicted octanol–water partition coefficient (Wildman–Crippen LogP) is -8.95. The fourth-order valence-electron chi connectivity index (χ4n) is 6.11. The van der Waals surface area contributed by atoms with Gasteiger partial charge in [0.1, 0.15) is 97.6 Å². The summed E-state index contributed by atoms with van der Waals surface area (Å²) in [5, 5.41) is 127. The van der Waals surface area contributed by atoms with E-state index >= 15 is 0 Å². The molecular formula is C27H47NO21. The van der Waals surface area contributed by atoms with Gasteiger partial charge in [-0.25, -0.2) is 0 Å². The lowest BCUT2D eigenvalue weighted by molar-refractivity contribution is -0.368. The lowest BCUT2D eigenvalue weighted by Gasteiger charge is -2.48. The van der Waals surface area contributed by atoms with Crippen LogP contribution in [-0.4, -0.2) is 223 Å². The Bertz CT molecular complexity index is 1040. The minimum atomic E-state index is -1.93. The fraction of sp³-hybridized carbons (Fsp3) is 0.963. The molecule has 0 aromatic heterocycles. The van der Waals surface area contributed by atoms with E-state index in [1.807, 2.05) is 0 Å². The van der Waals surface area contributed by atoms with Crippen molar-refractivity contribution in [3.63, 3.8) is 0 Å². The van der Waals surface area contributed by atoms with Crippen molar-refractivity contribution in [2.24, 2.45) is 0 Å². The first-order valence-electron chi connectivity index (χ1n) is 15.5. The second-order valence-electron chi connectivity index (χ2n) is 12.1. The van der Waals surface area contributed by atoms with E-state index in [1.54, 1.807) is 0 Å². The van der Waals surface area contributed by atoms with Crippen LogP contribution in [0.15, 0.2) is 0 Å². The SMILES string of the molecule is CO[C@H]1[C@@H](O)[C@@H](CO)O[C@@H](O[C@H]2[C@H](O)[C@@H](O)[C@H](OC[C@H]3OC(O)[C@H](NC(C)=O)[C@@H](O)[C@@H]3O[C@@H]3O[C@H](CO)[C@H](O)[C@H](O)[C@H]3O)O[C@@H]2CO)[C@@H]1O. The van der Waals surface area contributed by atoms with Gasteiger partial charge in [-0.3, -0.25) is 4.79 Å². The van der Waals surface area contributed by atoms with Gasteiger partial charge in [-0.2, -0.15) is 0 Å². The Morgan fingerprint density at radius 2 is 1.08 bits per heavy atom. The van der Waals surface area contributed by atoms with E-state index in [-0.39, 0.29) is 0 Å². The number of amides is 1. The predicted molar refractivity (Wildman–Crippen MR) is 150 cm³/mol. The highest BCUT2D eigenvalue weighted by molar-refractivity contribution is 5.73. The zero-order chi connectivity index (χ0) is 36.3.